The maximum Gasteiger partial charge on any atom is 0.312 e. The van der Waals surface area contributed by atoms with E-state index in [9.17, 15) is 14.4 Å². The Morgan fingerprint density at radius 2 is 1.88 bits per heavy atom. The van der Waals surface area contributed by atoms with E-state index in [1.54, 1.807) is 0 Å². The van der Waals surface area contributed by atoms with Crippen LogP contribution in [0.15, 0.2) is 0 Å². The molecule has 1 unspecified atom stereocenters. The van der Waals surface area contributed by atoms with E-state index in [-0.39, 0.29) is 13.1 Å². The predicted molar refractivity (Wildman–Crippen MR) is 60.2 cm³/mol. The number of nitrogens with one attached hydrogen (secondary N) is 2. The van der Waals surface area contributed by atoms with Crippen LogP contribution in [-0.2, 0) is 9.59 Å². The molecular weight excluding hydrogens is 234 g/mol. The first-order valence-corrected chi connectivity index (χ1v) is 5.46. The molecule has 4 amide bonds. The smallest absolute Gasteiger partial charge is 0.312 e. The Balaban J connectivity index is 3.90. The molecule has 9 heteroatoms. The van der Waals surface area contributed by atoms with Gasteiger partial charge in [0.05, 0.1) is 6.54 Å². The van der Waals surface area contributed by atoms with Crippen molar-refractivity contribution in [3.63, 3.8) is 0 Å². The summed E-state index contributed by atoms with van der Waals surface area (Å²) in [7, 11) is 0. The number of amides is 4. The Morgan fingerprint density at radius 3 is 2.31 bits per heavy atom. The van der Waals surface area contributed by atoms with Crippen molar-refractivity contribution in [2.75, 3.05) is 18.8 Å². The molecule has 0 aromatic heterocycles. The zero-order valence-corrected chi connectivity index (χ0v) is 9.38. The normalized spacial score (nSPS) is 11.6. The second kappa shape index (κ2) is 7.77. The number of thioether (sulfide) groups is 1. The fourth-order valence-electron chi connectivity index (χ4n) is 0.751. The summed E-state index contributed by atoms with van der Waals surface area (Å²) in [6, 6.07) is -0.651. The number of carbonyl (C=O) groups is 3. The maximum atomic E-state index is 10.9. The average Bonchev–Trinajstić information content (AvgIpc) is 2.21. The third-order valence-corrected chi connectivity index (χ3v) is 2.55. The number of hydrogen-bond donors (Lipinski definition) is 5. The first-order chi connectivity index (χ1) is 7.47. The Morgan fingerprint density at radius 1 is 1.25 bits per heavy atom. The summed E-state index contributed by atoms with van der Waals surface area (Å²) in [5.74, 6) is -0.758. The molecule has 0 aliphatic rings. The number of primary amides is 2. The zero-order chi connectivity index (χ0) is 12.6. The van der Waals surface area contributed by atoms with Gasteiger partial charge in [-0.2, -0.15) is 0 Å². The molecule has 0 rings (SSSR count). The fraction of sp³-hybridized carbons (Fsp3) is 0.571. The summed E-state index contributed by atoms with van der Waals surface area (Å²) in [6.45, 7) is 0.0617. The largest absolute Gasteiger partial charge is 0.367 e. The fourth-order valence-corrected chi connectivity index (χ4v) is 1.59. The number of nitrogens with two attached hydrogens (primary N) is 3. The molecule has 0 aliphatic carbocycles. The van der Waals surface area contributed by atoms with Crippen molar-refractivity contribution in [2.24, 2.45) is 17.2 Å². The van der Waals surface area contributed by atoms with Crippen LogP contribution in [-0.4, -0.2) is 42.1 Å². The molecule has 0 heterocycles. The van der Waals surface area contributed by atoms with Crippen LogP contribution in [0.25, 0.3) is 0 Å². The van der Waals surface area contributed by atoms with E-state index < -0.39 is 23.2 Å². The minimum Gasteiger partial charge on any atom is -0.367 e. The summed E-state index contributed by atoms with van der Waals surface area (Å²) in [5, 5.41) is 3.81. The molecule has 8 nitrogen and oxygen atoms in total. The second-order valence-corrected chi connectivity index (χ2v) is 3.93. The lowest BCUT2D eigenvalue weighted by atomic mass is 10.5. The molecule has 0 aliphatic heterocycles. The van der Waals surface area contributed by atoms with Crippen molar-refractivity contribution in [2.45, 2.75) is 5.37 Å². The van der Waals surface area contributed by atoms with Crippen molar-refractivity contribution in [3.05, 3.63) is 0 Å². The maximum absolute atomic E-state index is 10.9. The molecule has 92 valence electrons. The van der Waals surface area contributed by atoms with E-state index in [1.807, 2.05) is 0 Å². The van der Waals surface area contributed by atoms with E-state index in [0.717, 1.165) is 11.8 Å². The number of urea groups is 1. The van der Waals surface area contributed by atoms with Gasteiger partial charge in [0.2, 0.25) is 5.91 Å². The highest BCUT2D eigenvalue weighted by molar-refractivity contribution is 8.00. The third-order valence-electron chi connectivity index (χ3n) is 1.42. The lowest BCUT2D eigenvalue weighted by Crippen LogP contribution is -2.45. The highest BCUT2D eigenvalue weighted by Gasteiger charge is 2.17. The monoisotopic (exact) mass is 249 g/mol. The van der Waals surface area contributed by atoms with Crippen molar-refractivity contribution in [3.8, 4) is 0 Å². The van der Waals surface area contributed by atoms with Gasteiger partial charge in [-0.25, -0.2) is 4.79 Å². The third kappa shape index (κ3) is 6.90. The van der Waals surface area contributed by atoms with E-state index in [1.165, 1.54) is 0 Å². The van der Waals surface area contributed by atoms with Gasteiger partial charge in [-0.05, 0) is 0 Å². The molecule has 0 spiro atoms. The second-order valence-electron chi connectivity index (χ2n) is 2.72. The van der Waals surface area contributed by atoms with Gasteiger partial charge in [-0.1, -0.05) is 0 Å². The molecule has 1 atom stereocenters. The first-order valence-electron chi connectivity index (χ1n) is 4.41. The van der Waals surface area contributed by atoms with Crippen LogP contribution in [0.4, 0.5) is 4.79 Å². The van der Waals surface area contributed by atoms with E-state index in [4.69, 9.17) is 17.2 Å². The molecule has 0 aromatic carbocycles. The van der Waals surface area contributed by atoms with Gasteiger partial charge in [-0.3, -0.25) is 9.59 Å². The Bertz CT molecular complexity index is 273. The molecule has 0 bridgehead atoms. The molecule has 0 aromatic rings. The molecule has 0 saturated carbocycles. The minimum absolute atomic E-state index is 0.218. The van der Waals surface area contributed by atoms with Gasteiger partial charge in [0, 0.05) is 12.3 Å². The molecule has 8 N–H and O–H groups in total. The molecule has 0 radical (unpaired) electrons. The summed E-state index contributed by atoms with van der Waals surface area (Å²) < 4.78 is 0. The van der Waals surface area contributed by atoms with Crippen LogP contribution in [0.5, 0.6) is 0 Å². The van der Waals surface area contributed by atoms with Crippen LogP contribution < -0.4 is 27.8 Å². The Labute approximate surface area is 96.7 Å². The van der Waals surface area contributed by atoms with E-state index >= 15 is 0 Å². The lowest BCUT2D eigenvalue weighted by molar-refractivity contribution is -0.124. The SMILES string of the molecule is NCC(=O)NC(SCCNC(N)=O)C(N)=O. The standard InChI is InChI=1S/C7H15N5O3S/c8-3-4(13)12-6(5(9)14)16-2-1-11-7(10)15/h6H,1-3,8H2,(H2,9,14)(H,12,13)(H3,10,11,15). The number of hydrogen-bond acceptors (Lipinski definition) is 5. The number of carbonyl (C=O) groups excluding carboxylic acids is 3. The van der Waals surface area contributed by atoms with E-state index in [2.05, 4.69) is 10.6 Å². The summed E-state index contributed by atoms with van der Waals surface area (Å²) >= 11 is 1.08. The predicted octanol–water partition coefficient (Wildman–Crippen LogP) is -2.73. The highest BCUT2D eigenvalue weighted by Crippen LogP contribution is 2.06. The Hall–Kier alpha value is -1.48. The topological polar surface area (TPSA) is 153 Å². The van der Waals surface area contributed by atoms with Crippen molar-refractivity contribution < 1.29 is 14.4 Å². The van der Waals surface area contributed by atoms with Crippen molar-refractivity contribution >= 4 is 29.6 Å². The van der Waals surface area contributed by atoms with Gasteiger partial charge in [-0.15, -0.1) is 11.8 Å². The van der Waals surface area contributed by atoms with Gasteiger partial charge >= 0.3 is 6.03 Å². The van der Waals surface area contributed by atoms with Crippen LogP contribution in [0.1, 0.15) is 0 Å². The van der Waals surface area contributed by atoms with Gasteiger partial charge < -0.3 is 27.8 Å². The lowest BCUT2D eigenvalue weighted by Gasteiger charge is -2.14. The van der Waals surface area contributed by atoms with Gasteiger partial charge in [0.25, 0.3) is 5.91 Å². The number of rotatable bonds is 7. The highest BCUT2D eigenvalue weighted by atomic mass is 32.2. The quantitative estimate of drug-likeness (QED) is 0.245. The summed E-state index contributed by atoms with van der Waals surface area (Å²) in [6.07, 6.45) is 0. The zero-order valence-electron chi connectivity index (χ0n) is 8.56. The molecule has 0 fully saturated rings. The van der Waals surface area contributed by atoms with Crippen LogP contribution in [0, 0.1) is 0 Å². The van der Waals surface area contributed by atoms with Crippen molar-refractivity contribution in [1.29, 1.82) is 0 Å². The van der Waals surface area contributed by atoms with E-state index in [0.29, 0.717) is 5.75 Å². The summed E-state index contributed by atoms with van der Waals surface area (Å²) in [4.78, 5) is 32.2. The molecule has 16 heavy (non-hydrogen) atoms. The Kier molecular flexibility index (Phi) is 7.05. The van der Waals surface area contributed by atoms with Crippen LogP contribution in [0.3, 0.4) is 0 Å². The summed E-state index contributed by atoms with van der Waals surface area (Å²) in [5.41, 5.74) is 15.0. The van der Waals surface area contributed by atoms with Gasteiger partial charge in [0.15, 0.2) is 5.37 Å². The van der Waals surface area contributed by atoms with Gasteiger partial charge in [0.1, 0.15) is 0 Å². The molecule has 0 saturated heterocycles. The van der Waals surface area contributed by atoms with Crippen LogP contribution in [0.2, 0.25) is 0 Å². The molecular formula is C7H15N5O3S. The first kappa shape index (κ1) is 14.5. The average molecular weight is 249 g/mol. The van der Waals surface area contributed by atoms with Crippen molar-refractivity contribution in [1.82, 2.24) is 10.6 Å². The minimum atomic E-state index is -0.856. The van der Waals surface area contributed by atoms with Crippen LogP contribution >= 0.6 is 11.8 Å².